The van der Waals surface area contributed by atoms with Crippen LogP contribution in [0.15, 0.2) is 0 Å². The Balaban J connectivity index is 2.28. The molecule has 1 aliphatic rings. The van der Waals surface area contributed by atoms with Gasteiger partial charge >= 0.3 is 6.09 Å². The smallest absolute Gasteiger partial charge is 0.409 e. The van der Waals surface area contributed by atoms with Gasteiger partial charge in [-0.3, -0.25) is 0 Å². The molecule has 0 bridgehead atoms. The van der Waals surface area contributed by atoms with Crippen LogP contribution in [0, 0.1) is 0 Å². The first-order valence-corrected chi connectivity index (χ1v) is 4.73. The van der Waals surface area contributed by atoms with Crippen molar-refractivity contribution in [3.05, 3.63) is 0 Å². The van der Waals surface area contributed by atoms with Crippen LogP contribution in [-0.4, -0.2) is 55.7 Å². The summed E-state index contributed by atoms with van der Waals surface area (Å²) in [6.45, 7) is 4.51. The molecule has 0 N–H and O–H groups in total. The van der Waals surface area contributed by atoms with Crippen molar-refractivity contribution in [3.63, 3.8) is 0 Å². The number of carbonyl (C=O) groups excluding carboxylic acids is 1. The van der Waals surface area contributed by atoms with Gasteiger partial charge < -0.3 is 14.5 Å². The fourth-order valence-electron chi connectivity index (χ4n) is 1.35. The fraction of sp³-hybridized carbons (Fsp3) is 0.889. The molecule has 0 aromatic heterocycles. The van der Waals surface area contributed by atoms with E-state index in [-0.39, 0.29) is 12.2 Å². The minimum absolute atomic E-state index is 0.0894. The first kappa shape index (κ1) is 10.3. The molecule has 1 saturated heterocycles. The SMILES string of the molecule is CCN(C)C(=O)OC1CCN(C)C1. The number of hydrogen-bond acceptors (Lipinski definition) is 3. The second-order valence-corrected chi connectivity index (χ2v) is 3.57. The van der Waals surface area contributed by atoms with Gasteiger partial charge in [-0.05, 0) is 20.4 Å². The van der Waals surface area contributed by atoms with Crippen LogP contribution in [0.25, 0.3) is 0 Å². The zero-order chi connectivity index (χ0) is 9.84. The molecule has 1 heterocycles. The Hall–Kier alpha value is -0.770. The summed E-state index contributed by atoms with van der Waals surface area (Å²) in [6, 6.07) is 0. The minimum Gasteiger partial charge on any atom is -0.445 e. The Kier molecular flexibility index (Phi) is 3.54. The summed E-state index contributed by atoms with van der Waals surface area (Å²) in [6.07, 6.45) is 0.842. The molecule has 1 unspecified atom stereocenters. The van der Waals surface area contributed by atoms with Crippen molar-refractivity contribution in [3.8, 4) is 0 Å². The lowest BCUT2D eigenvalue weighted by molar-refractivity contribution is 0.0747. The third-order valence-electron chi connectivity index (χ3n) is 2.40. The average molecular weight is 186 g/mol. The maximum absolute atomic E-state index is 11.3. The quantitative estimate of drug-likeness (QED) is 0.639. The maximum Gasteiger partial charge on any atom is 0.409 e. The van der Waals surface area contributed by atoms with E-state index < -0.39 is 0 Å². The number of likely N-dealkylation sites (tertiary alicyclic amines) is 1. The summed E-state index contributed by atoms with van der Waals surface area (Å²) < 4.78 is 5.28. The van der Waals surface area contributed by atoms with Crippen LogP contribution in [0.2, 0.25) is 0 Å². The van der Waals surface area contributed by atoms with E-state index in [0.29, 0.717) is 6.54 Å². The average Bonchev–Trinajstić information content (AvgIpc) is 2.49. The molecule has 4 nitrogen and oxygen atoms in total. The number of likely N-dealkylation sites (N-methyl/N-ethyl adjacent to an activating group) is 1. The standard InChI is InChI=1S/C9H18N2O2/c1-4-11(3)9(12)13-8-5-6-10(2)7-8/h8H,4-7H2,1-3H3. The monoisotopic (exact) mass is 186 g/mol. The van der Waals surface area contributed by atoms with Crippen LogP contribution in [-0.2, 0) is 4.74 Å². The molecule has 1 fully saturated rings. The van der Waals surface area contributed by atoms with Gasteiger partial charge in [0.05, 0.1) is 0 Å². The summed E-state index contributed by atoms with van der Waals surface area (Å²) in [5.41, 5.74) is 0. The molecular formula is C9H18N2O2. The van der Waals surface area contributed by atoms with Crippen LogP contribution >= 0.6 is 0 Å². The fourth-order valence-corrected chi connectivity index (χ4v) is 1.35. The molecule has 0 spiro atoms. The molecule has 4 heteroatoms. The summed E-state index contributed by atoms with van der Waals surface area (Å²) in [4.78, 5) is 15.1. The van der Waals surface area contributed by atoms with Crippen molar-refractivity contribution < 1.29 is 9.53 Å². The molecule has 0 radical (unpaired) electrons. The van der Waals surface area contributed by atoms with Crippen LogP contribution in [0.3, 0.4) is 0 Å². The van der Waals surface area contributed by atoms with Gasteiger partial charge in [0.15, 0.2) is 0 Å². The lowest BCUT2D eigenvalue weighted by Crippen LogP contribution is -2.31. The van der Waals surface area contributed by atoms with Gasteiger partial charge in [0.25, 0.3) is 0 Å². The lowest BCUT2D eigenvalue weighted by atomic mass is 10.3. The van der Waals surface area contributed by atoms with Gasteiger partial charge in [0.2, 0.25) is 0 Å². The van der Waals surface area contributed by atoms with Gasteiger partial charge in [-0.15, -0.1) is 0 Å². The van der Waals surface area contributed by atoms with Crippen molar-refractivity contribution in [1.82, 2.24) is 9.80 Å². The molecule has 1 rings (SSSR count). The number of rotatable bonds is 2. The van der Waals surface area contributed by atoms with Gasteiger partial charge in [0, 0.05) is 26.7 Å². The molecular weight excluding hydrogens is 168 g/mol. The Labute approximate surface area is 79.4 Å². The lowest BCUT2D eigenvalue weighted by Gasteiger charge is -2.18. The van der Waals surface area contributed by atoms with Crippen LogP contribution in [0.4, 0.5) is 4.79 Å². The highest BCUT2D eigenvalue weighted by Crippen LogP contribution is 2.11. The van der Waals surface area contributed by atoms with Gasteiger partial charge in [0.1, 0.15) is 6.10 Å². The summed E-state index contributed by atoms with van der Waals surface area (Å²) in [7, 11) is 3.79. The third-order valence-corrected chi connectivity index (χ3v) is 2.40. The van der Waals surface area contributed by atoms with Crippen molar-refractivity contribution in [2.75, 3.05) is 33.7 Å². The molecule has 13 heavy (non-hydrogen) atoms. The van der Waals surface area contributed by atoms with Crippen LogP contribution in [0.1, 0.15) is 13.3 Å². The Morgan fingerprint density at radius 2 is 2.38 bits per heavy atom. The maximum atomic E-state index is 11.3. The molecule has 76 valence electrons. The van der Waals surface area contributed by atoms with E-state index in [4.69, 9.17) is 4.74 Å². The predicted octanol–water partition coefficient (Wildman–Crippen LogP) is 0.779. The third kappa shape index (κ3) is 2.88. The highest BCUT2D eigenvalue weighted by Gasteiger charge is 2.23. The number of nitrogens with zero attached hydrogens (tertiary/aromatic N) is 2. The Morgan fingerprint density at radius 1 is 1.69 bits per heavy atom. The molecule has 0 aliphatic carbocycles. The van der Waals surface area contributed by atoms with Crippen molar-refractivity contribution >= 4 is 6.09 Å². The number of ether oxygens (including phenoxy) is 1. The van der Waals surface area contributed by atoms with E-state index in [1.165, 1.54) is 0 Å². The predicted molar refractivity (Wildman–Crippen MR) is 50.7 cm³/mol. The normalized spacial score (nSPS) is 23.2. The molecule has 1 aliphatic heterocycles. The summed E-state index contributed by atoms with van der Waals surface area (Å²) in [5, 5.41) is 0. The summed E-state index contributed by atoms with van der Waals surface area (Å²) >= 11 is 0. The number of hydrogen-bond donors (Lipinski definition) is 0. The molecule has 0 aromatic carbocycles. The van der Waals surface area contributed by atoms with Crippen molar-refractivity contribution in [2.24, 2.45) is 0 Å². The summed E-state index contributed by atoms with van der Waals surface area (Å²) in [5.74, 6) is 0. The first-order chi connectivity index (χ1) is 6.13. The van der Waals surface area contributed by atoms with Crippen LogP contribution in [0.5, 0.6) is 0 Å². The second kappa shape index (κ2) is 4.46. The molecule has 1 amide bonds. The number of amides is 1. The van der Waals surface area contributed by atoms with E-state index >= 15 is 0 Å². The first-order valence-electron chi connectivity index (χ1n) is 4.73. The van der Waals surface area contributed by atoms with E-state index in [1.807, 2.05) is 14.0 Å². The van der Waals surface area contributed by atoms with E-state index in [2.05, 4.69) is 4.90 Å². The van der Waals surface area contributed by atoms with Gasteiger partial charge in [-0.2, -0.15) is 0 Å². The molecule has 1 atom stereocenters. The molecule has 0 saturated carbocycles. The largest absolute Gasteiger partial charge is 0.445 e. The Bertz CT molecular complexity index is 184. The highest BCUT2D eigenvalue weighted by atomic mass is 16.6. The van der Waals surface area contributed by atoms with Crippen LogP contribution < -0.4 is 0 Å². The van der Waals surface area contributed by atoms with Gasteiger partial charge in [-0.25, -0.2) is 4.79 Å². The Morgan fingerprint density at radius 3 is 2.85 bits per heavy atom. The second-order valence-electron chi connectivity index (χ2n) is 3.57. The van der Waals surface area contributed by atoms with Crippen molar-refractivity contribution in [1.29, 1.82) is 0 Å². The van der Waals surface area contributed by atoms with Gasteiger partial charge in [-0.1, -0.05) is 0 Å². The minimum atomic E-state index is -0.206. The van der Waals surface area contributed by atoms with E-state index in [0.717, 1.165) is 19.5 Å². The highest BCUT2D eigenvalue weighted by molar-refractivity contribution is 5.67. The topological polar surface area (TPSA) is 32.8 Å². The van der Waals surface area contributed by atoms with E-state index in [1.54, 1.807) is 11.9 Å². The zero-order valence-electron chi connectivity index (χ0n) is 8.62. The van der Waals surface area contributed by atoms with E-state index in [9.17, 15) is 4.79 Å². The number of carbonyl (C=O) groups is 1. The van der Waals surface area contributed by atoms with Crippen molar-refractivity contribution in [2.45, 2.75) is 19.4 Å². The molecule has 0 aromatic rings. The zero-order valence-corrected chi connectivity index (χ0v) is 8.62.